The molecule has 0 bridgehead atoms. The summed E-state index contributed by atoms with van der Waals surface area (Å²) in [6, 6.07) is 26.7. The third-order valence-electron chi connectivity index (χ3n) is 8.54. The second kappa shape index (κ2) is 8.59. The number of hydrogen-bond acceptors (Lipinski definition) is 1. The molecule has 3 aromatic carbocycles. The second-order valence-corrected chi connectivity index (χ2v) is 11.9. The van der Waals surface area contributed by atoms with E-state index in [1.165, 1.54) is 62.7 Å². The van der Waals surface area contributed by atoms with Gasteiger partial charge in [0, 0.05) is 17.5 Å². The predicted molar refractivity (Wildman–Crippen MR) is 153 cm³/mol. The van der Waals surface area contributed by atoms with Crippen LogP contribution in [0.5, 0.6) is 0 Å². The van der Waals surface area contributed by atoms with Gasteiger partial charge in [-0.05, 0) is 87.1 Å². The number of aromatic nitrogens is 1. The lowest BCUT2D eigenvalue weighted by Crippen LogP contribution is -2.33. The smallest absolute Gasteiger partial charge is 0.0553 e. The first-order chi connectivity index (χ1) is 17.3. The van der Waals surface area contributed by atoms with Crippen molar-refractivity contribution in [2.75, 3.05) is 0 Å². The van der Waals surface area contributed by atoms with Crippen LogP contribution in [-0.2, 0) is 10.8 Å². The van der Waals surface area contributed by atoms with Gasteiger partial charge in [0.1, 0.15) is 0 Å². The molecule has 0 N–H and O–H groups in total. The lowest BCUT2D eigenvalue weighted by atomic mass is 9.62. The maximum Gasteiger partial charge on any atom is 0.0553 e. The summed E-state index contributed by atoms with van der Waals surface area (Å²) in [4.78, 5) is 4.98. The summed E-state index contributed by atoms with van der Waals surface area (Å²) in [5, 5.41) is 2.64. The number of nitrogens with zero attached hydrogens (tertiary/aromatic N) is 1. The molecule has 6 rings (SSSR count). The summed E-state index contributed by atoms with van der Waals surface area (Å²) in [6.45, 7) is 9.62. The van der Waals surface area contributed by atoms with Crippen molar-refractivity contribution < 1.29 is 0 Å². The third-order valence-corrected chi connectivity index (χ3v) is 8.54. The van der Waals surface area contributed by atoms with Gasteiger partial charge in [0.25, 0.3) is 0 Å². The number of fused-ring (bicyclic) bond motifs is 2. The highest BCUT2D eigenvalue weighted by molar-refractivity contribution is 5.88. The van der Waals surface area contributed by atoms with Crippen molar-refractivity contribution in [1.29, 1.82) is 0 Å². The van der Waals surface area contributed by atoms with Crippen LogP contribution in [0.3, 0.4) is 0 Å². The van der Waals surface area contributed by atoms with Gasteiger partial charge in [-0.3, -0.25) is 4.98 Å². The molecule has 36 heavy (non-hydrogen) atoms. The standard InChI is InChI=1S/C35H35N/c1-34(2)17-18-35(3,4)32-23-30-28(22-31(32)34)16-19-36-33(30)29-15-9-14-27(21-29)26-13-8-12-25(20-26)24-10-6-5-7-11-24/h5-16,19-20,22-23,29H,17-18,21H2,1-4H3. The van der Waals surface area contributed by atoms with Crippen molar-refractivity contribution >= 4 is 16.3 Å². The van der Waals surface area contributed by atoms with E-state index in [0.29, 0.717) is 0 Å². The first kappa shape index (κ1) is 23.0. The Morgan fingerprint density at radius 3 is 2.19 bits per heavy atom. The fraction of sp³-hybridized carbons (Fsp3) is 0.286. The van der Waals surface area contributed by atoms with E-state index in [2.05, 4.69) is 119 Å². The summed E-state index contributed by atoms with van der Waals surface area (Å²) >= 11 is 0. The SMILES string of the molecule is CC1(C)CCC(C)(C)c2cc3c(C4C=CC=C(c5cccc(-c6ccccc6)c5)C4)nccc3cc21. The molecule has 0 saturated heterocycles. The maximum absolute atomic E-state index is 4.98. The van der Waals surface area contributed by atoms with E-state index in [1.54, 1.807) is 0 Å². The number of benzene rings is 3. The van der Waals surface area contributed by atoms with Gasteiger partial charge in [-0.1, -0.05) is 101 Å². The second-order valence-electron chi connectivity index (χ2n) is 11.9. The Kier molecular flexibility index (Phi) is 5.48. The Bertz CT molecular complexity index is 1500. The van der Waals surface area contributed by atoms with Crippen LogP contribution < -0.4 is 0 Å². The zero-order chi connectivity index (χ0) is 24.9. The fourth-order valence-corrected chi connectivity index (χ4v) is 6.16. The van der Waals surface area contributed by atoms with Crippen LogP contribution in [0.4, 0.5) is 0 Å². The molecule has 0 radical (unpaired) electrons. The number of hydrogen-bond donors (Lipinski definition) is 0. The summed E-state index contributed by atoms with van der Waals surface area (Å²) < 4.78 is 0. The minimum Gasteiger partial charge on any atom is -0.260 e. The normalized spacial score (nSPS) is 20.1. The minimum absolute atomic E-state index is 0.192. The summed E-state index contributed by atoms with van der Waals surface area (Å²) in [5.74, 6) is 0.270. The number of pyridine rings is 1. The first-order valence-electron chi connectivity index (χ1n) is 13.3. The molecule has 0 amide bonds. The molecule has 1 heterocycles. The molecule has 1 heteroatoms. The molecule has 4 aromatic rings. The number of rotatable bonds is 3. The molecule has 1 nitrogen and oxygen atoms in total. The van der Waals surface area contributed by atoms with Crippen LogP contribution in [0, 0.1) is 0 Å². The molecule has 0 fully saturated rings. The first-order valence-corrected chi connectivity index (χ1v) is 13.3. The Morgan fingerprint density at radius 2 is 1.42 bits per heavy atom. The molecule has 1 unspecified atom stereocenters. The van der Waals surface area contributed by atoms with Crippen LogP contribution >= 0.6 is 0 Å². The van der Waals surface area contributed by atoms with Gasteiger partial charge in [0.15, 0.2) is 0 Å². The molecule has 0 saturated carbocycles. The fourth-order valence-electron chi connectivity index (χ4n) is 6.16. The van der Waals surface area contributed by atoms with Crippen LogP contribution in [0.15, 0.2) is 97.2 Å². The molecular formula is C35H35N. The van der Waals surface area contributed by atoms with E-state index in [9.17, 15) is 0 Å². The molecular weight excluding hydrogens is 434 g/mol. The Balaban J connectivity index is 1.38. The van der Waals surface area contributed by atoms with Gasteiger partial charge in [-0.2, -0.15) is 0 Å². The molecule has 1 atom stereocenters. The Labute approximate surface area is 215 Å². The van der Waals surface area contributed by atoms with Crippen LogP contribution in [0.2, 0.25) is 0 Å². The highest BCUT2D eigenvalue weighted by atomic mass is 14.7. The monoisotopic (exact) mass is 469 g/mol. The predicted octanol–water partition coefficient (Wildman–Crippen LogP) is 9.38. The van der Waals surface area contributed by atoms with Crippen molar-refractivity contribution in [3.8, 4) is 11.1 Å². The zero-order valence-electron chi connectivity index (χ0n) is 21.9. The number of allylic oxidation sites excluding steroid dienone is 4. The van der Waals surface area contributed by atoms with E-state index >= 15 is 0 Å². The topological polar surface area (TPSA) is 12.9 Å². The van der Waals surface area contributed by atoms with E-state index in [-0.39, 0.29) is 16.7 Å². The zero-order valence-corrected chi connectivity index (χ0v) is 21.9. The molecule has 180 valence electrons. The highest BCUT2D eigenvalue weighted by Gasteiger charge is 2.37. The van der Waals surface area contributed by atoms with Crippen molar-refractivity contribution in [3.05, 3.63) is 120 Å². The van der Waals surface area contributed by atoms with Gasteiger partial charge in [0.05, 0.1) is 5.69 Å². The van der Waals surface area contributed by atoms with E-state index in [1.807, 2.05) is 6.20 Å². The lowest BCUT2D eigenvalue weighted by molar-refractivity contribution is 0.332. The average Bonchev–Trinajstić information content (AvgIpc) is 2.91. The maximum atomic E-state index is 4.98. The molecule has 2 aliphatic carbocycles. The lowest BCUT2D eigenvalue weighted by Gasteiger charge is -2.42. The molecule has 1 aromatic heterocycles. The Hall–Kier alpha value is -3.45. The molecule has 0 spiro atoms. The van der Waals surface area contributed by atoms with E-state index < -0.39 is 0 Å². The van der Waals surface area contributed by atoms with Crippen LogP contribution in [-0.4, -0.2) is 4.98 Å². The van der Waals surface area contributed by atoms with Gasteiger partial charge in [-0.25, -0.2) is 0 Å². The molecule has 2 aliphatic rings. The Morgan fingerprint density at radius 1 is 0.722 bits per heavy atom. The van der Waals surface area contributed by atoms with Crippen molar-refractivity contribution in [3.63, 3.8) is 0 Å². The van der Waals surface area contributed by atoms with Gasteiger partial charge in [0.2, 0.25) is 0 Å². The largest absolute Gasteiger partial charge is 0.260 e. The third kappa shape index (κ3) is 4.01. The van der Waals surface area contributed by atoms with Crippen molar-refractivity contribution in [2.24, 2.45) is 0 Å². The summed E-state index contributed by atoms with van der Waals surface area (Å²) in [7, 11) is 0. The molecule has 0 aliphatic heterocycles. The minimum atomic E-state index is 0.192. The van der Waals surface area contributed by atoms with Crippen LogP contribution in [0.25, 0.3) is 27.5 Å². The average molecular weight is 470 g/mol. The van der Waals surface area contributed by atoms with Gasteiger partial charge in [-0.15, -0.1) is 0 Å². The van der Waals surface area contributed by atoms with E-state index in [4.69, 9.17) is 4.98 Å². The van der Waals surface area contributed by atoms with Crippen molar-refractivity contribution in [1.82, 2.24) is 4.98 Å². The summed E-state index contributed by atoms with van der Waals surface area (Å²) in [5.41, 5.74) is 9.83. The quantitative estimate of drug-likeness (QED) is 0.291. The van der Waals surface area contributed by atoms with Crippen LogP contribution in [0.1, 0.15) is 75.3 Å². The van der Waals surface area contributed by atoms with E-state index in [0.717, 1.165) is 6.42 Å². The van der Waals surface area contributed by atoms with Crippen molar-refractivity contribution in [2.45, 2.75) is 63.7 Å². The van der Waals surface area contributed by atoms with Gasteiger partial charge < -0.3 is 0 Å². The van der Waals surface area contributed by atoms with Gasteiger partial charge >= 0.3 is 0 Å². The highest BCUT2D eigenvalue weighted by Crippen LogP contribution is 2.48. The summed E-state index contributed by atoms with van der Waals surface area (Å²) in [6.07, 6.45) is 12.3.